The molecule has 3 N–H and O–H groups in total. The van der Waals surface area contributed by atoms with E-state index in [-0.39, 0.29) is 11.8 Å². The predicted octanol–water partition coefficient (Wildman–Crippen LogP) is -0.493. The summed E-state index contributed by atoms with van der Waals surface area (Å²) in [5.41, 5.74) is 0. The van der Waals surface area contributed by atoms with Crippen molar-refractivity contribution < 1.29 is 34.5 Å². The fourth-order valence-electron chi connectivity index (χ4n) is 3.24. The quantitative estimate of drug-likeness (QED) is 0.563. The van der Waals surface area contributed by atoms with Crippen molar-refractivity contribution >= 4 is 23.8 Å². The van der Waals surface area contributed by atoms with Crippen molar-refractivity contribution in [1.82, 2.24) is 4.90 Å². The first-order valence-electron chi connectivity index (χ1n) is 6.44. The molecule has 0 saturated heterocycles. The van der Waals surface area contributed by atoms with E-state index in [4.69, 9.17) is 10.2 Å². The first-order chi connectivity index (χ1) is 9.81. The standard InChI is InChI=1S/C13H15NO7/c15-8(16)4-14(5-9(17)18)12(19)10-6-1-2-7(3-6)11(10)13(20)21/h1-2,6-7,10-11H,3-5H2,(H,15,16)(H,17,18)(H,20,21)/t6-,7+,10-,11+/m1/s1. The van der Waals surface area contributed by atoms with E-state index in [0.717, 1.165) is 0 Å². The van der Waals surface area contributed by atoms with Gasteiger partial charge in [0.1, 0.15) is 13.1 Å². The zero-order valence-electron chi connectivity index (χ0n) is 11.0. The molecular formula is C13H15NO7. The Balaban J connectivity index is 2.22. The van der Waals surface area contributed by atoms with Crippen molar-refractivity contribution in [2.75, 3.05) is 13.1 Å². The molecule has 0 radical (unpaired) electrons. The summed E-state index contributed by atoms with van der Waals surface area (Å²) in [6.07, 6.45) is 4.04. The fraction of sp³-hybridized carbons (Fsp3) is 0.538. The van der Waals surface area contributed by atoms with Crippen LogP contribution in [-0.2, 0) is 19.2 Å². The van der Waals surface area contributed by atoms with E-state index in [9.17, 15) is 24.3 Å². The summed E-state index contributed by atoms with van der Waals surface area (Å²) in [4.78, 5) is 46.0. The van der Waals surface area contributed by atoms with E-state index in [1.165, 1.54) is 0 Å². The van der Waals surface area contributed by atoms with Gasteiger partial charge in [-0.05, 0) is 18.3 Å². The van der Waals surface area contributed by atoms with E-state index in [0.29, 0.717) is 11.3 Å². The molecule has 4 atom stereocenters. The highest BCUT2D eigenvalue weighted by Gasteiger charge is 2.52. The molecule has 1 fully saturated rings. The summed E-state index contributed by atoms with van der Waals surface area (Å²) < 4.78 is 0. The first kappa shape index (κ1) is 15.0. The van der Waals surface area contributed by atoms with Gasteiger partial charge in [-0.15, -0.1) is 0 Å². The minimum absolute atomic E-state index is 0.252. The molecule has 8 nitrogen and oxygen atoms in total. The van der Waals surface area contributed by atoms with Gasteiger partial charge in [-0.2, -0.15) is 0 Å². The molecule has 0 aromatic heterocycles. The topological polar surface area (TPSA) is 132 Å². The molecule has 0 heterocycles. The van der Waals surface area contributed by atoms with Crippen LogP contribution in [0.3, 0.4) is 0 Å². The van der Waals surface area contributed by atoms with Gasteiger partial charge in [0.2, 0.25) is 5.91 Å². The summed E-state index contributed by atoms with van der Waals surface area (Å²) in [6.45, 7) is -1.51. The Bertz CT molecular complexity index is 511. The highest BCUT2D eigenvalue weighted by molar-refractivity contribution is 5.90. The van der Waals surface area contributed by atoms with Crippen molar-refractivity contribution in [3.05, 3.63) is 12.2 Å². The second kappa shape index (κ2) is 5.55. The zero-order valence-corrected chi connectivity index (χ0v) is 11.0. The number of allylic oxidation sites excluding steroid dienone is 2. The average molecular weight is 297 g/mol. The van der Waals surface area contributed by atoms with E-state index >= 15 is 0 Å². The molecule has 2 aliphatic carbocycles. The monoisotopic (exact) mass is 297 g/mol. The molecule has 2 bridgehead atoms. The van der Waals surface area contributed by atoms with Gasteiger partial charge < -0.3 is 20.2 Å². The van der Waals surface area contributed by atoms with Crippen LogP contribution in [0.4, 0.5) is 0 Å². The molecule has 1 amide bonds. The van der Waals surface area contributed by atoms with Crippen molar-refractivity contribution in [3.8, 4) is 0 Å². The Morgan fingerprint density at radius 3 is 1.81 bits per heavy atom. The maximum Gasteiger partial charge on any atom is 0.323 e. The minimum atomic E-state index is -1.34. The third kappa shape index (κ3) is 2.88. The summed E-state index contributed by atoms with van der Waals surface area (Å²) in [5.74, 6) is -6.84. The van der Waals surface area contributed by atoms with Crippen molar-refractivity contribution in [3.63, 3.8) is 0 Å². The maximum absolute atomic E-state index is 12.4. The second-order valence-electron chi connectivity index (χ2n) is 5.32. The number of hydrogen-bond acceptors (Lipinski definition) is 4. The molecule has 1 saturated carbocycles. The lowest BCUT2D eigenvalue weighted by atomic mass is 9.82. The maximum atomic E-state index is 12.4. The van der Waals surface area contributed by atoms with Gasteiger partial charge in [-0.3, -0.25) is 19.2 Å². The van der Waals surface area contributed by atoms with Crippen LogP contribution in [-0.4, -0.2) is 57.1 Å². The van der Waals surface area contributed by atoms with E-state index < -0.39 is 48.7 Å². The van der Waals surface area contributed by atoms with Gasteiger partial charge in [-0.25, -0.2) is 0 Å². The van der Waals surface area contributed by atoms with E-state index in [1.807, 2.05) is 0 Å². The van der Waals surface area contributed by atoms with Gasteiger partial charge in [0.25, 0.3) is 0 Å². The highest BCUT2D eigenvalue weighted by atomic mass is 16.4. The Morgan fingerprint density at radius 1 is 0.905 bits per heavy atom. The molecule has 0 spiro atoms. The molecule has 0 aliphatic heterocycles. The number of carbonyl (C=O) groups excluding carboxylic acids is 1. The predicted molar refractivity (Wildman–Crippen MR) is 67.2 cm³/mol. The van der Waals surface area contributed by atoms with Crippen LogP contribution in [0, 0.1) is 23.7 Å². The molecule has 8 heteroatoms. The molecule has 21 heavy (non-hydrogen) atoms. The van der Waals surface area contributed by atoms with Gasteiger partial charge >= 0.3 is 17.9 Å². The summed E-state index contributed by atoms with van der Waals surface area (Å²) in [7, 11) is 0. The third-order valence-electron chi connectivity index (χ3n) is 3.99. The van der Waals surface area contributed by atoms with Crippen molar-refractivity contribution in [2.24, 2.45) is 23.7 Å². The van der Waals surface area contributed by atoms with Gasteiger partial charge in [0.15, 0.2) is 0 Å². The van der Waals surface area contributed by atoms with Crippen LogP contribution >= 0.6 is 0 Å². The number of nitrogens with zero attached hydrogens (tertiary/aromatic N) is 1. The van der Waals surface area contributed by atoms with Crippen LogP contribution in [0.1, 0.15) is 6.42 Å². The number of carbonyl (C=O) groups is 4. The lowest BCUT2D eigenvalue weighted by Crippen LogP contribution is -2.46. The number of aliphatic carboxylic acids is 3. The van der Waals surface area contributed by atoms with Crippen LogP contribution < -0.4 is 0 Å². The first-order valence-corrected chi connectivity index (χ1v) is 6.44. The van der Waals surface area contributed by atoms with E-state index in [1.54, 1.807) is 12.2 Å². The number of hydrogen-bond donors (Lipinski definition) is 3. The number of rotatable bonds is 6. The Kier molecular flexibility index (Phi) is 3.97. The number of amides is 1. The SMILES string of the molecule is O=C(O)CN(CC(=O)O)C(=O)[C@H]1[C@@H](C(=O)O)[C@H]2C=C[C@@H]1C2. The van der Waals surface area contributed by atoms with Gasteiger partial charge in [-0.1, -0.05) is 12.2 Å². The number of fused-ring (bicyclic) bond motifs is 2. The molecule has 0 unspecified atom stereocenters. The second-order valence-corrected chi connectivity index (χ2v) is 5.32. The third-order valence-corrected chi connectivity index (χ3v) is 3.99. The number of carboxylic acids is 3. The van der Waals surface area contributed by atoms with Crippen LogP contribution in [0.15, 0.2) is 12.2 Å². The molecule has 2 aliphatic rings. The highest BCUT2D eigenvalue weighted by Crippen LogP contribution is 2.48. The van der Waals surface area contributed by atoms with E-state index in [2.05, 4.69) is 0 Å². The van der Waals surface area contributed by atoms with Gasteiger partial charge in [0, 0.05) is 0 Å². The van der Waals surface area contributed by atoms with Crippen LogP contribution in [0.25, 0.3) is 0 Å². The molecule has 2 rings (SSSR count). The Hall–Kier alpha value is -2.38. The minimum Gasteiger partial charge on any atom is -0.481 e. The molecule has 114 valence electrons. The molecule has 0 aromatic carbocycles. The number of carboxylic acid groups (broad SMARTS) is 3. The normalized spacial score (nSPS) is 29.3. The lowest BCUT2D eigenvalue weighted by molar-refractivity contribution is -0.155. The Morgan fingerprint density at radius 2 is 1.38 bits per heavy atom. The summed E-state index contributed by atoms with van der Waals surface area (Å²) in [5, 5.41) is 26.8. The summed E-state index contributed by atoms with van der Waals surface area (Å²) >= 11 is 0. The van der Waals surface area contributed by atoms with Crippen LogP contribution in [0.5, 0.6) is 0 Å². The smallest absolute Gasteiger partial charge is 0.323 e. The zero-order chi connectivity index (χ0) is 15.7. The van der Waals surface area contributed by atoms with Crippen molar-refractivity contribution in [2.45, 2.75) is 6.42 Å². The molecular weight excluding hydrogens is 282 g/mol. The van der Waals surface area contributed by atoms with Crippen molar-refractivity contribution in [1.29, 1.82) is 0 Å². The Labute approximate surface area is 119 Å². The van der Waals surface area contributed by atoms with Gasteiger partial charge in [0.05, 0.1) is 11.8 Å². The average Bonchev–Trinajstić information content (AvgIpc) is 2.95. The largest absolute Gasteiger partial charge is 0.481 e. The van der Waals surface area contributed by atoms with Crippen LogP contribution in [0.2, 0.25) is 0 Å². The lowest BCUT2D eigenvalue weighted by Gasteiger charge is -2.29. The molecule has 0 aromatic rings. The fourth-order valence-corrected chi connectivity index (χ4v) is 3.24. The summed E-state index contributed by atoms with van der Waals surface area (Å²) in [6, 6.07) is 0.